The number of carbonyl (C=O) groups excluding carboxylic acids is 1. The van der Waals surface area contributed by atoms with Crippen LogP contribution >= 0.6 is 0 Å². The van der Waals surface area contributed by atoms with Crippen molar-refractivity contribution in [2.24, 2.45) is 0 Å². The lowest BCUT2D eigenvalue weighted by Crippen LogP contribution is -2.25. The van der Waals surface area contributed by atoms with Gasteiger partial charge >= 0.3 is 5.97 Å². The van der Waals surface area contributed by atoms with Gasteiger partial charge in [0.25, 0.3) is 0 Å². The van der Waals surface area contributed by atoms with Gasteiger partial charge in [-0.2, -0.15) is 0 Å². The second-order valence-corrected chi connectivity index (χ2v) is 3.37. The highest BCUT2D eigenvalue weighted by atomic mass is 16.8. The van der Waals surface area contributed by atoms with Gasteiger partial charge < -0.3 is 19.3 Å². The van der Waals surface area contributed by atoms with E-state index >= 15 is 0 Å². The van der Waals surface area contributed by atoms with E-state index in [1.165, 1.54) is 0 Å². The minimum absolute atomic E-state index is 0.153. The van der Waals surface area contributed by atoms with Crippen molar-refractivity contribution < 1.29 is 24.1 Å². The second-order valence-electron chi connectivity index (χ2n) is 3.37. The van der Waals surface area contributed by atoms with Crippen LogP contribution in [0.1, 0.15) is 13.8 Å². The topological polar surface area (TPSA) is 65.0 Å². The largest absolute Gasteiger partial charge is 0.460 e. The molecule has 0 bridgehead atoms. The molecule has 0 aromatic heterocycles. The fraction of sp³-hybridized carbons (Fsp3) is 0.625. The molecule has 2 aliphatic heterocycles. The van der Waals surface area contributed by atoms with Crippen LogP contribution in [0.5, 0.6) is 0 Å². The second kappa shape index (κ2) is 2.46. The first-order valence-corrected chi connectivity index (χ1v) is 3.96. The van der Waals surface area contributed by atoms with E-state index in [1.54, 1.807) is 13.8 Å². The molecule has 0 aromatic carbocycles. The average Bonchev–Trinajstić information content (AvgIpc) is 2.47. The van der Waals surface area contributed by atoms with Crippen molar-refractivity contribution in [3.8, 4) is 0 Å². The van der Waals surface area contributed by atoms with Crippen molar-refractivity contribution in [1.82, 2.24) is 0 Å². The zero-order valence-corrected chi connectivity index (χ0v) is 7.36. The van der Waals surface area contributed by atoms with Crippen LogP contribution in [0.25, 0.3) is 0 Å². The zero-order valence-electron chi connectivity index (χ0n) is 7.36. The molecule has 0 saturated carbocycles. The summed E-state index contributed by atoms with van der Waals surface area (Å²) in [6.45, 7) is 3.04. The molecule has 2 aliphatic rings. The van der Waals surface area contributed by atoms with E-state index < -0.39 is 17.9 Å². The summed E-state index contributed by atoms with van der Waals surface area (Å²) in [5.41, 5.74) is 0. The molecular weight excluding hydrogens is 176 g/mol. The third kappa shape index (κ3) is 1.20. The van der Waals surface area contributed by atoms with E-state index in [9.17, 15) is 4.79 Å². The number of fused-ring (bicyclic) bond motifs is 1. The van der Waals surface area contributed by atoms with Crippen LogP contribution < -0.4 is 0 Å². The van der Waals surface area contributed by atoms with Crippen molar-refractivity contribution >= 4 is 5.97 Å². The summed E-state index contributed by atoms with van der Waals surface area (Å²) in [7, 11) is 0. The number of aliphatic hydroxyl groups excluding tert-OH is 1. The minimum Gasteiger partial charge on any atom is -0.460 e. The summed E-state index contributed by atoms with van der Waals surface area (Å²) < 4.78 is 15.3. The van der Waals surface area contributed by atoms with Gasteiger partial charge in [0.2, 0.25) is 11.9 Å². The summed E-state index contributed by atoms with van der Waals surface area (Å²) >= 11 is 0. The summed E-state index contributed by atoms with van der Waals surface area (Å²) in [5.74, 6) is -0.887. The molecule has 0 aliphatic carbocycles. The Morgan fingerprint density at radius 3 is 2.85 bits per heavy atom. The molecule has 1 N–H and O–H groups in total. The molecular formula is C8H10O5. The Morgan fingerprint density at radius 1 is 1.54 bits per heavy atom. The van der Waals surface area contributed by atoms with E-state index in [-0.39, 0.29) is 12.4 Å². The van der Waals surface area contributed by atoms with E-state index in [0.717, 1.165) is 0 Å². The molecule has 0 amide bonds. The third-order valence-electron chi connectivity index (χ3n) is 1.85. The molecule has 5 nitrogen and oxygen atoms in total. The SMILES string of the molecule is CC1(C)OC2=C(CO)OC(=O)[C@@H]2O1. The molecule has 13 heavy (non-hydrogen) atoms. The van der Waals surface area contributed by atoms with E-state index in [1.807, 2.05) is 0 Å². The molecule has 2 heterocycles. The Balaban J connectivity index is 2.33. The maximum atomic E-state index is 11.1. The van der Waals surface area contributed by atoms with Crippen LogP contribution in [0.2, 0.25) is 0 Å². The molecule has 0 radical (unpaired) electrons. The van der Waals surface area contributed by atoms with Gasteiger partial charge in [-0.05, 0) is 0 Å². The lowest BCUT2D eigenvalue weighted by atomic mass is 10.3. The van der Waals surface area contributed by atoms with Gasteiger partial charge in [-0.3, -0.25) is 0 Å². The monoisotopic (exact) mass is 186 g/mol. The van der Waals surface area contributed by atoms with E-state index in [4.69, 9.17) is 19.3 Å². The normalized spacial score (nSPS) is 30.1. The van der Waals surface area contributed by atoms with Gasteiger partial charge in [0.05, 0.1) is 0 Å². The van der Waals surface area contributed by atoms with Crippen molar-refractivity contribution in [2.45, 2.75) is 25.7 Å². The highest BCUT2D eigenvalue weighted by Crippen LogP contribution is 2.37. The van der Waals surface area contributed by atoms with Crippen LogP contribution in [0, 0.1) is 0 Å². The first kappa shape index (κ1) is 8.52. The number of aliphatic hydroxyl groups is 1. The van der Waals surface area contributed by atoms with Gasteiger partial charge in [-0.25, -0.2) is 4.79 Å². The molecule has 2 rings (SSSR count). The van der Waals surface area contributed by atoms with Crippen LogP contribution in [-0.4, -0.2) is 29.6 Å². The van der Waals surface area contributed by atoms with Crippen molar-refractivity contribution in [2.75, 3.05) is 6.61 Å². The van der Waals surface area contributed by atoms with Gasteiger partial charge in [-0.15, -0.1) is 0 Å². The standard InChI is InChI=1S/C8H10O5/c1-8(2)12-5-4(3-9)11-7(10)6(5)13-8/h6,9H,3H2,1-2H3/t6-/m1/s1. The van der Waals surface area contributed by atoms with Crippen molar-refractivity contribution in [1.29, 1.82) is 0 Å². The predicted molar refractivity (Wildman–Crippen MR) is 40.2 cm³/mol. The summed E-state index contributed by atoms with van der Waals surface area (Å²) in [6.07, 6.45) is -0.794. The smallest absolute Gasteiger partial charge is 0.348 e. The molecule has 0 spiro atoms. The first-order valence-electron chi connectivity index (χ1n) is 3.96. The first-order chi connectivity index (χ1) is 6.03. The average molecular weight is 186 g/mol. The zero-order chi connectivity index (χ0) is 9.64. The Labute approximate surface area is 74.9 Å². The molecule has 1 fully saturated rings. The molecule has 5 heteroatoms. The lowest BCUT2D eigenvalue weighted by molar-refractivity contribution is -0.168. The van der Waals surface area contributed by atoms with Crippen LogP contribution in [0.3, 0.4) is 0 Å². The van der Waals surface area contributed by atoms with E-state index in [0.29, 0.717) is 5.76 Å². The summed E-state index contributed by atoms with van der Waals surface area (Å²) in [6, 6.07) is 0. The number of esters is 1. The van der Waals surface area contributed by atoms with E-state index in [2.05, 4.69) is 0 Å². The Kier molecular flexibility index (Phi) is 1.61. The molecule has 0 unspecified atom stereocenters. The van der Waals surface area contributed by atoms with Crippen LogP contribution in [-0.2, 0) is 19.0 Å². The fourth-order valence-electron chi connectivity index (χ4n) is 1.37. The number of hydrogen-bond donors (Lipinski definition) is 1. The number of rotatable bonds is 1. The number of ether oxygens (including phenoxy) is 3. The maximum Gasteiger partial charge on any atom is 0.348 e. The number of hydrogen-bond acceptors (Lipinski definition) is 5. The molecule has 1 atom stereocenters. The lowest BCUT2D eigenvalue weighted by Gasteiger charge is -2.17. The van der Waals surface area contributed by atoms with Gasteiger partial charge in [-0.1, -0.05) is 0 Å². The quantitative estimate of drug-likeness (QED) is 0.579. The summed E-state index contributed by atoms with van der Waals surface area (Å²) in [5, 5.41) is 8.83. The van der Waals surface area contributed by atoms with Gasteiger partial charge in [0, 0.05) is 13.8 Å². The molecule has 72 valence electrons. The fourth-order valence-corrected chi connectivity index (χ4v) is 1.37. The maximum absolute atomic E-state index is 11.1. The minimum atomic E-state index is -0.820. The Bertz CT molecular complexity index is 291. The van der Waals surface area contributed by atoms with Crippen LogP contribution in [0.15, 0.2) is 11.5 Å². The number of cyclic esters (lactones) is 1. The van der Waals surface area contributed by atoms with Gasteiger partial charge in [0.15, 0.2) is 11.5 Å². The van der Waals surface area contributed by atoms with Crippen molar-refractivity contribution in [3.05, 3.63) is 11.5 Å². The number of carbonyl (C=O) groups is 1. The van der Waals surface area contributed by atoms with Gasteiger partial charge in [0.1, 0.15) is 6.61 Å². The highest BCUT2D eigenvalue weighted by molar-refractivity contribution is 5.82. The highest BCUT2D eigenvalue weighted by Gasteiger charge is 2.49. The van der Waals surface area contributed by atoms with Crippen LogP contribution in [0.4, 0.5) is 0 Å². The molecule has 0 aromatic rings. The third-order valence-corrected chi connectivity index (χ3v) is 1.85. The van der Waals surface area contributed by atoms with Crippen molar-refractivity contribution in [3.63, 3.8) is 0 Å². The molecule has 1 saturated heterocycles. The Morgan fingerprint density at radius 2 is 2.23 bits per heavy atom. The summed E-state index contributed by atoms with van der Waals surface area (Å²) in [4.78, 5) is 11.1. The Hall–Kier alpha value is -1.07. The predicted octanol–water partition coefficient (Wildman–Crippen LogP) is -0.101.